The maximum Gasteiger partial charge on any atom is 0.443 e. The third-order valence-corrected chi connectivity index (χ3v) is 2.62. The first-order valence-electron chi connectivity index (χ1n) is 3.08. The molecule has 0 rings (SSSR count). The van der Waals surface area contributed by atoms with Gasteiger partial charge in [0.2, 0.25) is 3.79 Å². The van der Waals surface area contributed by atoms with Gasteiger partial charge in [-0.25, -0.2) is 4.79 Å². The Kier molecular flexibility index (Phi) is 4.63. The van der Waals surface area contributed by atoms with Crippen molar-refractivity contribution in [2.45, 2.75) is 23.2 Å². The van der Waals surface area contributed by atoms with Crippen molar-refractivity contribution < 1.29 is 9.53 Å². The van der Waals surface area contributed by atoms with Crippen molar-refractivity contribution in [3.8, 4) is 0 Å². The highest BCUT2D eigenvalue weighted by Crippen LogP contribution is 2.40. The number of carbonyl (C=O) groups excluding carboxylic acids is 1. The van der Waals surface area contributed by atoms with Gasteiger partial charge in [-0.05, 0) is 26.1 Å². The highest BCUT2D eigenvalue weighted by molar-refractivity contribution is 7.78. The number of ether oxygens (including phenoxy) is 1. The van der Waals surface area contributed by atoms with Crippen LogP contribution in [0.5, 0.6) is 0 Å². The molecule has 0 bridgehead atoms. The van der Waals surface area contributed by atoms with Gasteiger partial charge in [-0.2, -0.15) is 0 Å². The molecule has 74 valence electrons. The lowest BCUT2D eigenvalue weighted by Gasteiger charge is -2.30. The molecule has 0 aliphatic heterocycles. The van der Waals surface area contributed by atoms with E-state index in [1.54, 1.807) is 0 Å². The van der Waals surface area contributed by atoms with E-state index in [4.69, 9.17) is 39.5 Å². The molecule has 7 heteroatoms. The van der Waals surface area contributed by atoms with Crippen LogP contribution in [0.2, 0.25) is 0 Å². The Morgan fingerprint density at radius 3 is 2.23 bits per heavy atom. The fourth-order valence-electron chi connectivity index (χ4n) is 0.336. The number of carbonyl (C=O) groups is 1. The second-order valence-corrected chi connectivity index (χ2v) is 5.04. The molecule has 0 fully saturated rings. The van der Waals surface area contributed by atoms with Crippen molar-refractivity contribution in [2.75, 3.05) is 0 Å². The van der Waals surface area contributed by atoms with Crippen LogP contribution in [0.15, 0.2) is 4.99 Å². The summed E-state index contributed by atoms with van der Waals surface area (Å²) in [5, 5.41) is 1.85. The number of alkyl halides is 3. The summed E-state index contributed by atoms with van der Waals surface area (Å²) in [7, 11) is 0. The monoisotopic (exact) mass is 261 g/mol. The van der Waals surface area contributed by atoms with Gasteiger partial charge in [0.25, 0.3) is 0 Å². The summed E-state index contributed by atoms with van der Waals surface area (Å²) in [6, 6.07) is 0. The van der Waals surface area contributed by atoms with Gasteiger partial charge in [-0.15, -0.1) is 4.99 Å². The van der Waals surface area contributed by atoms with Gasteiger partial charge in [0.1, 0.15) is 0 Å². The lowest BCUT2D eigenvalue weighted by molar-refractivity contribution is 0.0491. The minimum absolute atomic E-state index is 0.939. The Morgan fingerprint density at radius 1 is 1.46 bits per heavy atom. The molecule has 0 aromatic heterocycles. The van der Waals surface area contributed by atoms with Crippen LogP contribution >= 0.6 is 47.0 Å². The molecule has 1 amide bonds. The molecule has 0 aliphatic carbocycles. The molecule has 3 nitrogen and oxygen atoms in total. The molecule has 0 atom stereocenters. The first-order chi connectivity index (χ1) is 5.70. The predicted molar refractivity (Wildman–Crippen MR) is 55.9 cm³/mol. The van der Waals surface area contributed by atoms with Crippen molar-refractivity contribution >= 4 is 58.3 Å². The Bertz CT molecular complexity index is 255. The fraction of sp³-hybridized carbons (Fsp3) is 0.667. The maximum absolute atomic E-state index is 10.8. The molecule has 0 radical (unpaired) electrons. The van der Waals surface area contributed by atoms with Crippen LogP contribution in [0.3, 0.4) is 0 Å². The molecule has 0 saturated heterocycles. The topological polar surface area (TPSA) is 38.7 Å². The maximum atomic E-state index is 10.8. The van der Waals surface area contributed by atoms with E-state index in [-0.39, 0.29) is 0 Å². The first-order valence-corrected chi connectivity index (χ1v) is 4.62. The summed E-state index contributed by atoms with van der Waals surface area (Å²) in [4.78, 5) is 13.9. The van der Waals surface area contributed by atoms with Crippen molar-refractivity contribution in [2.24, 2.45) is 4.99 Å². The van der Waals surface area contributed by atoms with Crippen LogP contribution in [-0.2, 0) is 4.74 Å². The molecule has 13 heavy (non-hydrogen) atoms. The number of halogens is 3. The zero-order chi connectivity index (χ0) is 10.7. The Labute approximate surface area is 96.0 Å². The van der Waals surface area contributed by atoms with Crippen LogP contribution in [-0.4, -0.2) is 20.6 Å². The summed E-state index contributed by atoms with van der Waals surface area (Å²) in [6.07, 6.45) is -0.939. The molecule has 0 heterocycles. The number of amides is 1. The van der Waals surface area contributed by atoms with E-state index < -0.39 is 15.5 Å². The smallest absolute Gasteiger partial charge is 0.437 e. The number of thiocarbonyl (C=S) groups is 1. The first kappa shape index (κ1) is 13.1. The Morgan fingerprint density at radius 2 is 1.92 bits per heavy atom. The average molecular weight is 263 g/mol. The van der Waals surface area contributed by atoms with E-state index in [0.717, 1.165) is 0 Å². The van der Waals surface area contributed by atoms with Crippen molar-refractivity contribution in [1.29, 1.82) is 0 Å². The van der Waals surface area contributed by atoms with Gasteiger partial charge in [-0.3, -0.25) is 0 Å². The summed E-state index contributed by atoms with van der Waals surface area (Å²) >= 11 is 20.8. The normalized spacial score (nSPS) is 11.8. The second kappa shape index (κ2) is 4.58. The number of isothiocyanates is 1. The molecule has 0 aromatic carbocycles. The molecular weight excluding hydrogens is 256 g/mol. The van der Waals surface area contributed by atoms with Gasteiger partial charge in [-0.1, -0.05) is 34.8 Å². The van der Waals surface area contributed by atoms with Crippen LogP contribution in [0.4, 0.5) is 4.79 Å². The zero-order valence-corrected chi connectivity index (χ0v) is 9.89. The van der Waals surface area contributed by atoms with E-state index in [1.807, 2.05) is 5.16 Å². The van der Waals surface area contributed by atoms with Crippen LogP contribution in [0, 0.1) is 0 Å². The summed E-state index contributed by atoms with van der Waals surface area (Å²) in [5.41, 5.74) is -1.27. The van der Waals surface area contributed by atoms with Gasteiger partial charge >= 0.3 is 6.09 Å². The number of aliphatic imine (C=N–C) groups is 1. The molecule has 0 spiro atoms. The van der Waals surface area contributed by atoms with Gasteiger partial charge in [0.15, 0.2) is 5.60 Å². The van der Waals surface area contributed by atoms with E-state index in [2.05, 4.69) is 17.2 Å². The highest BCUT2D eigenvalue weighted by atomic mass is 35.6. The highest BCUT2D eigenvalue weighted by Gasteiger charge is 2.44. The molecule has 0 saturated carbocycles. The number of hydrogen-bond donors (Lipinski definition) is 0. The average Bonchev–Trinajstić information content (AvgIpc) is 1.83. The molecular formula is C6H6Cl3NO2S. The standard InChI is InChI=1S/C6H6Cl3NO2S/c1-5(2,6(7,8)9)12-4(11)10-3-13/h1-2H3. The van der Waals surface area contributed by atoms with Crippen LogP contribution < -0.4 is 0 Å². The summed E-state index contributed by atoms with van der Waals surface area (Å²) in [6.45, 7) is 2.88. The lowest BCUT2D eigenvalue weighted by atomic mass is 10.2. The molecule has 0 aliphatic rings. The van der Waals surface area contributed by atoms with Crippen LogP contribution in [0.25, 0.3) is 0 Å². The van der Waals surface area contributed by atoms with Crippen LogP contribution in [0.1, 0.15) is 13.8 Å². The molecule has 0 N–H and O–H groups in total. The third-order valence-electron chi connectivity index (χ3n) is 1.16. The minimum Gasteiger partial charge on any atom is -0.437 e. The summed E-state index contributed by atoms with van der Waals surface area (Å²) < 4.78 is 2.99. The van der Waals surface area contributed by atoms with Gasteiger partial charge in [0, 0.05) is 0 Å². The minimum atomic E-state index is -1.72. The largest absolute Gasteiger partial charge is 0.443 e. The quantitative estimate of drug-likeness (QED) is 0.413. The number of rotatable bonds is 1. The summed E-state index contributed by atoms with van der Waals surface area (Å²) in [5.74, 6) is 0. The van der Waals surface area contributed by atoms with Crippen molar-refractivity contribution in [1.82, 2.24) is 0 Å². The third kappa shape index (κ3) is 4.25. The fourth-order valence-corrected chi connectivity index (χ4v) is 0.526. The number of hydrogen-bond acceptors (Lipinski definition) is 3. The van der Waals surface area contributed by atoms with Gasteiger partial charge < -0.3 is 4.74 Å². The zero-order valence-electron chi connectivity index (χ0n) is 6.81. The van der Waals surface area contributed by atoms with E-state index in [9.17, 15) is 4.79 Å². The van der Waals surface area contributed by atoms with Crippen molar-refractivity contribution in [3.05, 3.63) is 0 Å². The predicted octanol–water partition coefficient (Wildman–Crippen LogP) is 3.37. The second-order valence-electron chi connectivity index (χ2n) is 2.58. The van der Waals surface area contributed by atoms with E-state index in [1.165, 1.54) is 13.8 Å². The van der Waals surface area contributed by atoms with Crippen molar-refractivity contribution in [3.63, 3.8) is 0 Å². The molecule has 0 aromatic rings. The number of nitrogens with zero attached hydrogens (tertiary/aromatic N) is 1. The SMILES string of the molecule is CC(C)(OC(=O)N=C=S)C(Cl)(Cl)Cl. The van der Waals surface area contributed by atoms with E-state index >= 15 is 0 Å². The Balaban J connectivity index is 4.52. The molecule has 0 unspecified atom stereocenters. The van der Waals surface area contributed by atoms with Gasteiger partial charge in [0.05, 0.1) is 5.16 Å². The lowest BCUT2D eigenvalue weighted by Crippen LogP contribution is -2.40. The van der Waals surface area contributed by atoms with E-state index in [0.29, 0.717) is 0 Å². The Hall–Kier alpha value is 0.140.